The highest BCUT2D eigenvalue weighted by Crippen LogP contribution is 2.27. The molecule has 0 saturated carbocycles. The Balaban J connectivity index is 1.70. The standard InChI is InChI=1S/C17H11F2N3S/c18-13-4-2-12(3-5-13)17-8-14(10-21-17)23-22-16-6-1-11(9-20)7-15(16)19/h1-8,10,21-22H. The number of nitrogens with zero attached hydrogens (tertiary/aromatic N) is 1. The van der Waals surface area contributed by atoms with Gasteiger partial charge in [-0.25, -0.2) is 8.78 Å². The van der Waals surface area contributed by atoms with E-state index < -0.39 is 5.82 Å². The summed E-state index contributed by atoms with van der Waals surface area (Å²) >= 11 is 1.24. The highest BCUT2D eigenvalue weighted by atomic mass is 32.2. The molecular weight excluding hydrogens is 316 g/mol. The minimum Gasteiger partial charge on any atom is -0.360 e. The summed E-state index contributed by atoms with van der Waals surface area (Å²) in [5.74, 6) is -0.765. The fourth-order valence-electron chi connectivity index (χ4n) is 2.01. The average molecular weight is 327 g/mol. The maximum Gasteiger partial charge on any atom is 0.148 e. The van der Waals surface area contributed by atoms with Gasteiger partial charge in [-0.1, -0.05) is 0 Å². The van der Waals surface area contributed by atoms with Crippen LogP contribution in [-0.2, 0) is 0 Å². The van der Waals surface area contributed by atoms with Crippen LogP contribution in [0.1, 0.15) is 5.56 Å². The van der Waals surface area contributed by atoms with E-state index in [1.807, 2.05) is 12.1 Å². The quantitative estimate of drug-likeness (QED) is 0.667. The Bertz CT molecular complexity index is 866. The second-order valence-corrected chi connectivity index (χ2v) is 5.65. The molecule has 0 aliphatic carbocycles. The monoisotopic (exact) mass is 327 g/mol. The molecule has 3 rings (SSSR count). The number of hydrogen-bond acceptors (Lipinski definition) is 3. The molecule has 2 aromatic carbocycles. The first kappa shape index (κ1) is 15.1. The molecule has 3 aromatic rings. The Hall–Kier alpha value is -2.78. The van der Waals surface area contributed by atoms with Gasteiger partial charge < -0.3 is 9.71 Å². The van der Waals surface area contributed by atoms with Crippen molar-refractivity contribution in [2.75, 3.05) is 4.72 Å². The minimum atomic E-state index is -0.481. The lowest BCUT2D eigenvalue weighted by atomic mass is 10.1. The van der Waals surface area contributed by atoms with E-state index in [0.29, 0.717) is 5.69 Å². The lowest BCUT2D eigenvalue weighted by Crippen LogP contribution is -1.91. The van der Waals surface area contributed by atoms with E-state index in [1.165, 1.54) is 36.2 Å². The van der Waals surface area contributed by atoms with Crippen LogP contribution in [-0.4, -0.2) is 4.98 Å². The highest BCUT2D eigenvalue weighted by molar-refractivity contribution is 8.00. The van der Waals surface area contributed by atoms with Crippen LogP contribution in [0, 0.1) is 23.0 Å². The summed E-state index contributed by atoms with van der Waals surface area (Å²) in [7, 11) is 0. The van der Waals surface area contributed by atoms with Crippen molar-refractivity contribution in [3.05, 3.63) is 71.9 Å². The molecule has 0 fully saturated rings. The number of aromatic amines is 1. The van der Waals surface area contributed by atoms with Crippen molar-refractivity contribution < 1.29 is 8.78 Å². The predicted octanol–water partition coefficient (Wildman–Crippen LogP) is 4.95. The lowest BCUT2D eigenvalue weighted by molar-refractivity contribution is 0.628. The second kappa shape index (κ2) is 6.55. The van der Waals surface area contributed by atoms with Gasteiger partial charge in [0.2, 0.25) is 0 Å². The molecule has 0 atom stereocenters. The number of halogens is 2. The number of H-pyrrole nitrogens is 1. The first-order valence-corrected chi connectivity index (χ1v) is 7.54. The van der Waals surface area contributed by atoms with Gasteiger partial charge in [0.1, 0.15) is 11.6 Å². The van der Waals surface area contributed by atoms with Crippen LogP contribution in [0.5, 0.6) is 0 Å². The number of hydrogen-bond donors (Lipinski definition) is 2. The summed E-state index contributed by atoms with van der Waals surface area (Å²) in [5, 5.41) is 8.72. The van der Waals surface area contributed by atoms with Crippen LogP contribution in [0.4, 0.5) is 14.5 Å². The molecule has 23 heavy (non-hydrogen) atoms. The number of nitriles is 1. The van der Waals surface area contributed by atoms with Gasteiger partial charge in [-0.15, -0.1) is 0 Å². The smallest absolute Gasteiger partial charge is 0.148 e. The molecule has 0 aliphatic heterocycles. The Morgan fingerprint density at radius 3 is 2.52 bits per heavy atom. The molecule has 0 saturated heterocycles. The fraction of sp³-hybridized carbons (Fsp3) is 0. The highest BCUT2D eigenvalue weighted by Gasteiger charge is 2.06. The number of nitrogens with one attached hydrogen (secondary N) is 2. The summed E-state index contributed by atoms with van der Waals surface area (Å²) in [5.41, 5.74) is 2.29. The normalized spacial score (nSPS) is 10.3. The maximum absolute atomic E-state index is 13.8. The summed E-state index contributed by atoms with van der Waals surface area (Å²) < 4.78 is 29.6. The predicted molar refractivity (Wildman–Crippen MR) is 86.8 cm³/mol. The van der Waals surface area contributed by atoms with Crippen LogP contribution in [0.2, 0.25) is 0 Å². The Kier molecular flexibility index (Phi) is 4.31. The summed E-state index contributed by atoms with van der Waals surface area (Å²) in [4.78, 5) is 3.95. The van der Waals surface area contributed by atoms with E-state index in [-0.39, 0.29) is 11.4 Å². The van der Waals surface area contributed by atoms with E-state index in [2.05, 4.69) is 9.71 Å². The maximum atomic E-state index is 13.8. The van der Waals surface area contributed by atoms with Gasteiger partial charge in [-0.2, -0.15) is 5.26 Å². The van der Waals surface area contributed by atoms with E-state index in [1.54, 1.807) is 24.4 Å². The minimum absolute atomic E-state index is 0.276. The molecule has 1 heterocycles. The topological polar surface area (TPSA) is 51.6 Å². The van der Waals surface area contributed by atoms with Gasteiger partial charge in [-0.3, -0.25) is 0 Å². The van der Waals surface area contributed by atoms with Gasteiger partial charge in [0.15, 0.2) is 0 Å². The van der Waals surface area contributed by atoms with Crippen LogP contribution in [0.25, 0.3) is 11.3 Å². The molecule has 114 valence electrons. The van der Waals surface area contributed by atoms with Gasteiger partial charge in [0, 0.05) is 16.8 Å². The lowest BCUT2D eigenvalue weighted by Gasteiger charge is -2.05. The largest absolute Gasteiger partial charge is 0.360 e. The molecule has 0 spiro atoms. The van der Waals surface area contributed by atoms with Gasteiger partial charge in [0.05, 0.1) is 17.3 Å². The zero-order valence-electron chi connectivity index (χ0n) is 11.8. The Morgan fingerprint density at radius 1 is 1.04 bits per heavy atom. The SMILES string of the molecule is N#Cc1ccc(NSc2c[nH]c(-c3ccc(F)cc3)c2)c(F)c1. The summed E-state index contributed by atoms with van der Waals surface area (Å²) in [6, 6.07) is 14.2. The first-order valence-electron chi connectivity index (χ1n) is 6.72. The Morgan fingerprint density at radius 2 is 1.83 bits per heavy atom. The van der Waals surface area contributed by atoms with Crippen molar-refractivity contribution in [3.8, 4) is 17.3 Å². The number of aromatic nitrogens is 1. The zero-order valence-corrected chi connectivity index (χ0v) is 12.6. The second-order valence-electron chi connectivity index (χ2n) is 4.77. The van der Waals surface area contributed by atoms with Crippen LogP contribution >= 0.6 is 11.9 Å². The third-order valence-corrected chi connectivity index (χ3v) is 3.98. The van der Waals surface area contributed by atoms with Gasteiger partial charge >= 0.3 is 0 Å². The molecule has 0 unspecified atom stereocenters. The summed E-state index contributed by atoms with van der Waals surface area (Å²) in [6.07, 6.45) is 1.78. The first-order chi connectivity index (χ1) is 11.2. The fourth-order valence-corrected chi connectivity index (χ4v) is 2.70. The van der Waals surface area contributed by atoms with E-state index in [0.717, 1.165) is 16.2 Å². The number of benzene rings is 2. The van der Waals surface area contributed by atoms with Crippen LogP contribution < -0.4 is 4.72 Å². The number of rotatable bonds is 4. The van der Waals surface area contributed by atoms with E-state index in [9.17, 15) is 8.78 Å². The molecule has 3 nitrogen and oxygen atoms in total. The van der Waals surface area contributed by atoms with Crippen molar-refractivity contribution in [1.29, 1.82) is 5.26 Å². The molecule has 0 amide bonds. The van der Waals surface area contributed by atoms with Crippen LogP contribution in [0.3, 0.4) is 0 Å². The molecule has 0 radical (unpaired) electrons. The summed E-state index contributed by atoms with van der Waals surface area (Å²) in [6.45, 7) is 0. The van der Waals surface area contributed by atoms with Crippen LogP contribution in [0.15, 0.2) is 59.6 Å². The van der Waals surface area contributed by atoms with Crippen molar-refractivity contribution in [2.24, 2.45) is 0 Å². The average Bonchev–Trinajstić information content (AvgIpc) is 3.03. The zero-order chi connectivity index (χ0) is 16.2. The molecule has 1 aromatic heterocycles. The molecule has 2 N–H and O–H groups in total. The van der Waals surface area contributed by atoms with Crippen molar-refractivity contribution >= 4 is 17.6 Å². The van der Waals surface area contributed by atoms with Crippen molar-refractivity contribution in [2.45, 2.75) is 4.90 Å². The third-order valence-electron chi connectivity index (χ3n) is 3.19. The van der Waals surface area contributed by atoms with E-state index in [4.69, 9.17) is 5.26 Å². The molecule has 6 heteroatoms. The van der Waals surface area contributed by atoms with Gasteiger partial charge in [-0.05, 0) is 66.0 Å². The molecular formula is C17H11F2N3S. The van der Waals surface area contributed by atoms with E-state index >= 15 is 0 Å². The third kappa shape index (κ3) is 3.52. The Labute approximate surface area is 136 Å². The molecule has 0 bridgehead atoms. The van der Waals surface area contributed by atoms with Crippen molar-refractivity contribution in [1.82, 2.24) is 4.98 Å². The number of anilines is 1. The van der Waals surface area contributed by atoms with Crippen molar-refractivity contribution in [3.63, 3.8) is 0 Å². The van der Waals surface area contributed by atoms with Gasteiger partial charge in [0.25, 0.3) is 0 Å². The molecule has 0 aliphatic rings.